The minimum absolute atomic E-state index is 0.342. The summed E-state index contributed by atoms with van der Waals surface area (Å²) in [5.41, 5.74) is 0.0357. The molecule has 0 saturated carbocycles. The van der Waals surface area contributed by atoms with E-state index >= 15 is 0 Å². The molecule has 0 spiro atoms. The molecule has 0 radical (unpaired) electrons. The van der Waals surface area contributed by atoms with Crippen LogP contribution >= 0.6 is 0 Å². The number of hydrogen-bond acceptors (Lipinski definition) is 2. The molecule has 1 aromatic rings. The van der Waals surface area contributed by atoms with Crippen molar-refractivity contribution in [1.29, 1.82) is 0 Å². The zero-order chi connectivity index (χ0) is 14.0. The topological polar surface area (TPSA) is 40.5 Å². The molecule has 0 aliphatic carbocycles. The van der Waals surface area contributed by atoms with E-state index in [1.807, 2.05) is 4.90 Å². The Kier molecular flexibility index (Phi) is 3.68. The molecule has 104 valence electrons. The van der Waals surface area contributed by atoms with Crippen molar-refractivity contribution in [3.05, 3.63) is 29.8 Å². The van der Waals surface area contributed by atoms with E-state index < -0.39 is 17.7 Å². The van der Waals surface area contributed by atoms with Crippen molar-refractivity contribution in [1.82, 2.24) is 0 Å². The van der Waals surface area contributed by atoms with E-state index in [4.69, 9.17) is 5.11 Å². The molecular formula is C13H14F3NO2. The van der Waals surface area contributed by atoms with Gasteiger partial charge in [-0.1, -0.05) is 0 Å². The monoisotopic (exact) mass is 273 g/mol. The third-order valence-corrected chi connectivity index (χ3v) is 3.40. The van der Waals surface area contributed by atoms with Crippen molar-refractivity contribution in [2.45, 2.75) is 19.0 Å². The number of aliphatic carboxylic acids is 1. The summed E-state index contributed by atoms with van der Waals surface area (Å²) in [6, 6.07) is 4.98. The van der Waals surface area contributed by atoms with E-state index in [0.717, 1.165) is 12.1 Å². The lowest BCUT2D eigenvalue weighted by atomic mass is 9.96. The molecule has 1 saturated heterocycles. The highest BCUT2D eigenvalue weighted by Crippen LogP contribution is 2.31. The number of carbonyl (C=O) groups is 1. The third kappa shape index (κ3) is 3.19. The summed E-state index contributed by atoms with van der Waals surface area (Å²) in [4.78, 5) is 12.7. The summed E-state index contributed by atoms with van der Waals surface area (Å²) in [6.07, 6.45) is -3.28. The average Bonchev–Trinajstić information content (AvgIpc) is 2.38. The SMILES string of the molecule is O=C(O)C1CCN(c2ccc(C(F)(F)F)cc2)CC1. The van der Waals surface area contributed by atoms with Crippen LogP contribution in [0.3, 0.4) is 0 Å². The molecule has 0 amide bonds. The summed E-state index contributed by atoms with van der Waals surface area (Å²) in [5.74, 6) is -1.14. The van der Waals surface area contributed by atoms with Crippen LogP contribution in [-0.4, -0.2) is 24.2 Å². The van der Waals surface area contributed by atoms with Gasteiger partial charge in [0.05, 0.1) is 11.5 Å². The van der Waals surface area contributed by atoms with Crippen LogP contribution in [-0.2, 0) is 11.0 Å². The largest absolute Gasteiger partial charge is 0.481 e. The number of halogens is 3. The summed E-state index contributed by atoms with van der Waals surface area (Å²) >= 11 is 0. The van der Waals surface area contributed by atoms with E-state index in [-0.39, 0.29) is 5.92 Å². The van der Waals surface area contributed by atoms with Crippen LogP contribution in [0.1, 0.15) is 18.4 Å². The maximum atomic E-state index is 12.4. The van der Waals surface area contributed by atoms with E-state index in [1.165, 1.54) is 12.1 Å². The summed E-state index contributed by atoms with van der Waals surface area (Å²) < 4.78 is 37.3. The predicted molar refractivity (Wildman–Crippen MR) is 64.0 cm³/mol. The number of hydrogen-bond donors (Lipinski definition) is 1. The number of alkyl halides is 3. The van der Waals surface area contributed by atoms with E-state index in [9.17, 15) is 18.0 Å². The Hall–Kier alpha value is -1.72. The molecule has 1 heterocycles. The summed E-state index contributed by atoms with van der Waals surface area (Å²) in [5, 5.41) is 8.88. The first-order valence-corrected chi connectivity index (χ1v) is 6.03. The second-order valence-electron chi connectivity index (χ2n) is 4.64. The van der Waals surface area contributed by atoms with Gasteiger partial charge in [-0.15, -0.1) is 0 Å². The molecule has 1 N–H and O–H groups in total. The number of piperidine rings is 1. The Balaban J connectivity index is 2.02. The lowest BCUT2D eigenvalue weighted by Crippen LogP contribution is -2.36. The van der Waals surface area contributed by atoms with Gasteiger partial charge in [0.1, 0.15) is 0 Å². The number of carboxylic acid groups (broad SMARTS) is 1. The van der Waals surface area contributed by atoms with Gasteiger partial charge in [0, 0.05) is 18.8 Å². The van der Waals surface area contributed by atoms with Gasteiger partial charge in [-0.2, -0.15) is 13.2 Å². The first kappa shape index (κ1) is 13.7. The lowest BCUT2D eigenvalue weighted by molar-refractivity contribution is -0.142. The zero-order valence-corrected chi connectivity index (χ0v) is 10.2. The molecule has 0 atom stereocenters. The van der Waals surface area contributed by atoms with Crippen molar-refractivity contribution in [3.63, 3.8) is 0 Å². The Labute approximate surface area is 108 Å². The van der Waals surface area contributed by atoms with Gasteiger partial charge in [-0.25, -0.2) is 0 Å². The first-order chi connectivity index (χ1) is 8.88. The Morgan fingerprint density at radius 3 is 2.11 bits per heavy atom. The van der Waals surface area contributed by atoms with Crippen molar-refractivity contribution >= 4 is 11.7 Å². The second-order valence-corrected chi connectivity index (χ2v) is 4.64. The smallest absolute Gasteiger partial charge is 0.416 e. The van der Waals surface area contributed by atoms with Gasteiger partial charge in [0.15, 0.2) is 0 Å². The molecule has 1 aliphatic rings. The van der Waals surface area contributed by atoms with Crippen LogP contribution in [0.4, 0.5) is 18.9 Å². The molecule has 0 bridgehead atoms. The summed E-state index contributed by atoms with van der Waals surface area (Å²) in [6.45, 7) is 1.12. The number of nitrogens with zero attached hydrogens (tertiary/aromatic N) is 1. The zero-order valence-electron chi connectivity index (χ0n) is 10.2. The maximum Gasteiger partial charge on any atom is 0.416 e. The van der Waals surface area contributed by atoms with E-state index in [2.05, 4.69) is 0 Å². The third-order valence-electron chi connectivity index (χ3n) is 3.40. The number of anilines is 1. The quantitative estimate of drug-likeness (QED) is 0.900. The van der Waals surface area contributed by atoms with E-state index in [1.54, 1.807) is 0 Å². The summed E-state index contributed by atoms with van der Waals surface area (Å²) in [7, 11) is 0. The molecule has 0 aromatic heterocycles. The van der Waals surface area contributed by atoms with Gasteiger partial charge in [-0.3, -0.25) is 4.79 Å². The van der Waals surface area contributed by atoms with Gasteiger partial charge < -0.3 is 10.0 Å². The highest BCUT2D eigenvalue weighted by atomic mass is 19.4. The highest BCUT2D eigenvalue weighted by molar-refractivity contribution is 5.70. The molecule has 2 rings (SSSR count). The Bertz CT molecular complexity index is 448. The van der Waals surface area contributed by atoms with Crippen LogP contribution in [0.25, 0.3) is 0 Å². The predicted octanol–water partition coefficient (Wildman–Crippen LogP) is 3.01. The van der Waals surface area contributed by atoms with E-state index in [0.29, 0.717) is 31.6 Å². The molecule has 3 nitrogen and oxygen atoms in total. The molecule has 1 aromatic carbocycles. The average molecular weight is 273 g/mol. The normalized spacial score (nSPS) is 17.5. The number of benzene rings is 1. The van der Waals surface area contributed by atoms with Crippen molar-refractivity contribution < 1.29 is 23.1 Å². The number of carboxylic acids is 1. The molecule has 0 unspecified atom stereocenters. The number of rotatable bonds is 2. The second kappa shape index (κ2) is 5.11. The Morgan fingerprint density at radius 2 is 1.68 bits per heavy atom. The van der Waals surface area contributed by atoms with Crippen molar-refractivity contribution in [3.8, 4) is 0 Å². The standard InChI is InChI=1S/C13H14F3NO2/c14-13(15,16)10-1-3-11(4-2-10)17-7-5-9(6-8-17)12(18)19/h1-4,9H,5-8H2,(H,18,19). The minimum Gasteiger partial charge on any atom is -0.481 e. The fourth-order valence-electron chi connectivity index (χ4n) is 2.25. The fraction of sp³-hybridized carbons (Fsp3) is 0.462. The highest BCUT2D eigenvalue weighted by Gasteiger charge is 2.30. The van der Waals surface area contributed by atoms with Crippen LogP contribution < -0.4 is 4.90 Å². The van der Waals surface area contributed by atoms with Crippen LogP contribution in [0, 0.1) is 5.92 Å². The van der Waals surface area contributed by atoms with Gasteiger partial charge in [0.2, 0.25) is 0 Å². The first-order valence-electron chi connectivity index (χ1n) is 6.03. The van der Waals surface area contributed by atoms with Gasteiger partial charge in [0.25, 0.3) is 0 Å². The molecule has 6 heteroatoms. The lowest BCUT2D eigenvalue weighted by Gasteiger charge is -2.32. The van der Waals surface area contributed by atoms with Crippen LogP contribution in [0.15, 0.2) is 24.3 Å². The van der Waals surface area contributed by atoms with Crippen LogP contribution in [0.2, 0.25) is 0 Å². The molecule has 1 fully saturated rings. The molecular weight excluding hydrogens is 259 g/mol. The fourth-order valence-corrected chi connectivity index (χ4v) is 2.25. The Morgan fingerprint density at radius 1 is 1.16 bits per heavy atom. The van der Waals surface area contributed by atoms with Gasteiger partial charge in [-0.05, 0) is 37.1 Å². The van der Waals surface area contributed by atoms with Crippen molar-refractivity contribution in [2.24, 2.45) is 5.92 Å². The van der Waals surface area contributed by atoms with Crippen molar-refractivity contribution in [2.75, 3.05) is 18.0 Å². The van der Waals surface area contributed by atoms with Crippen LogP contribution in [0.5, 0.6) is 0 Å². The molecule has 19 heavy (non-hydrogen) atoms. The minimum atomic E-state index is -4.32. The molecule has 1 aliphatic heterocycles. The maximum absolute atomic E-state index is 12.4. The van der Waals surface area contributed by atoms with Gasteiger partial charge >= 0.3 is 12.1 Å².